The third-order valence-corrected chi connectivity index (χ3v) is 6.25. The first-order valence-corrected chi connectivity index (χ1v) is 10.9. The normalized spacial score (nSPS) is 10.8. The molecule has 0 saturated heterocycles. The summed E-state index contributed by atoms with van der Waals surface area (Å²) in [6, 6.07) is 18.1. The Morgan fingerprint density at radius 1 is 0.967 bits per heavy atom. The molecule has 3 rings (SSSR count). The van der Waals surface area contributed by atoms with E-state index in [4.69, 9.17) is 4.74 Å². The van der Waals surface area contributed by atoms with Gasteiger partial charge in [0.1, 0.15) is 0 Å². The molecule has 0 N–H and O–H groups in total. The summed E-state index contributed by atoms with van der Waals surface area (Å²) >= 11 is 1.43. The van der Waals surface area contributed by atoms with Crippen LogP contribution in [0.25, 0.3) is 0 Å². The number of nitrogens with zero attached hydrogens (tertiary/aromatic N) is 1. The minimum Gasteiger partial charge on any atom is -0.457 e. The van der Waals surface area contributed by atoms with E-state index in [0.717, 1.165) is 21.8 Å². The Balaban J connectivity index is 1.57. The van der Waals surface area contributed by atoms with Crippen LogP contribution in [0.1, 0.15) is 38.4 Å². The lowest BCUT2D eigenvalue weighted by Gasteiger charge is -2.10. The second-order valence-electron chi connectivity index (χ2n) is 7.50. The highest BCUT2D eigenvalue weighted by molar-refractivity contribution is 8.00. The van der Waals surface area contributed by atoms with Gasteiger partial charge in [-0.1, -0.05) is 48.0 Å². The predicted molar refractivity (Wildman–Crippen MR) is 121 cm³/mol. The van der Waals surface area contributed by atoms with Crippen LogP contribution in [0.4, 0.5) is 0 Å². The van der Waals surface area contributed by atoms with Crippen molar-refractivity contribution >= 4 is 23.5 Å². The topological polar surface area (TPSA) is 48.3 Å². The maximum absolute atomic E-state index is 12.7. The Morgan fingerprint density at radius 3 is 2.40 bits per heavy atom. The Bertz CT molecular complexity index is 1050. The van der Waals surface area contributed by atoms with Crippen LogP contribution in [0.5, 0.6) is 0 Å². The number of ketones is 1. The van der Waals surface area contributed by atoms with Crippen LogP contribution in [0.15, 0.2) is 59.5 Å². The molecular weight excluding hydrogens is 394 g/mol. The fourth-order valence-corrected chi connectivity index (χ4v) is 4.26. The second-order valence-corrected chi connectivity index (χ2v) is 8.52. The Labute approximate surface area is 182 Å². The molecule has 0 aliphatic rings. The zero-order valence-corrected chi connectivity index (χ0v) is 18.7. The smallest absolute Gasteiger partial charge is 0.316 e. The monoisotopic (exact) mass is 421 g/mol. The van der Waals surface area contributed by atoms with Crippen LogP contribution < -0.4 is 0 Å². The molecule has 0 saturated carbocycles. The number of hydrogen-bond acceptors (Lipinski definition) is 4. The fourth-order valence-electron chi connectivity index (χ4n) is 3.46. The first-order chi connectivity index (χ1) is 14.3. The van der Waals surface area contributed by atoms with Gasteiger partial charge in [0.25, 0.3) is 0 Å². The summed E-state index contributed by atoms with van der Waals surface area (Å²) in [5, 5.41) is 0. The van der Waals surface area contributed by atoms with E-state index in [1.54, 1.807) is 0 Å². The largest absolute Gasteiger partial charge is 0.457 e. The number of carbonyl (C=O) groups is 2. The Hall–Kier alpha value is -2.79. The Morgan fingerprint density at radius 2 is 1.70 bits per heavy atom. The van der Waals surface area contributed by atoms with Crippen molar-refractivity contribution in [2.24, 2.45) is 0 Å². The molecule has 1 aromatic heterocycles. The summed E-state index contributed by atoms with van der Waals surface area (Å²) < 4.78 is 7.36. The molecule has 0 aliphatic carbocycles. The quantitative estimate of drug-likeness (QED) is 0.282. The summed E-state index contributed by atoms with van der Waals surface area (Å²) in [6.45, 7) is 8.45. The molecule has 2 aromatic carbocycles. The highest BCUT2D eigenvalue weighted by Crippen LogP contribution is 2.23. The van der Waals surface area contributed by atoms with E-state index in [9.17, 15) is 9.59 Å². The number of esters is 1. The van der Waals surface area contributed by atoms with E-state index in [-0.39, 0.29) is 24.1 Å². The van der Waals surface area contributed by atoms with Crippen LogP contribution >= 0.6 is 11.8 Å². The van der Waals surface area contributed by atoms with E-state index in [2.05, 4.69) is 22.8 Å². The van der Waals surface area contributed by atoms with E-state index >= 15 is 0 Å². The molecule has 156 valence electrons. The molecule has 5 heteroatoms. The third-order valence-electron chi connectivity index (χ3n) is 5.10. The molecule has 0 radical (unpaired) electrons. The van der Waals surface area contributed by atoms with E-state index < -0.39 is 0 Å². The lowest BCUT2D eigenvalue weighted by molar-refractivity contribution is -0.139. The molecule has 0 atom stereocenters. The summed E-state index contributed by atoms with van der Waals surface area (Å²) in [5.41, 5.74) is 6.01. The number of aromatic nitrogens is 1. The molecule has 1 heterocycles. The zero-order valence-electron chi connectivity index (χ0n) is 17.9. The van der Waals surface area contributed by atoms with E-state index in [1.807, 2.05) is 64.1 Å². The SMILES string of the molecule is Cc1ccc(SCC(=O)OCC(=O)c2cc(C)n(Cc3ccccc3)c2C)c(C)c1. The lowest BCUT2D eigenvalue weighted by atomic mass is 10.1. The minimum atomic E-state index is -0.383. The van der Waals surface area contributed by atoms with Crippen molar-refractivity contribution in [2.45, 2.75) is 39.1 Å². The molecule has 0 bridgehead atoms. The van der Waals surface area contributed by atoms with Gasteiger partial charge in [0.2, 0.25) is 5.78 Å². The average Bonchev–Trinajstić information content (AvgIpc) is 3.00. The van der Waals surface area contributed by atoms with Crippen molar-refractivity contribution in [3.63, 3.8) is 0 Å². The van der Waals surface area contributed by atoms with Crippen molar-refractivity contribution < 1.29 is 14.3 Å². The summed E-state index contributed by atoms with van der Waals surface area (Å²) in [4.78, 5) is 25.8. The first kappa shape index (κ1) is 21.9. The van der Waals surface area contributed by atoms with Gasteiger partial charge < -0.3 is 9.30 Å². The number of hydrogen-bond donors (Lipinski definition) is 0. The van der Waals surface area contributed by atoms with Crippen LogP contribution in [0, 0.1) is 27.7 Å². The highest BCUT2D eigenvalue weighted by Gasteiger charge is 2.17. The van der Waals surface area contributed by atoms with Crippen LogP contribution in [0.3, 0.4) is 0 Å². The number of benzene rings is 2. The first-order valence-electron chi connectivity index (χ1n) is 9.94. The number of rotatable bonds is 8. The van der Waals surface area contributed by atoms with E-state index in [0.29, 0.717) is 12.1 Å². The van der Waals surface area contributed by atoms with Crippen molar-refractivity contribution in [3.05, 3.63) is 88.2 Å². The molecule has 3 aromatic rings. The van der Waals surface area contributed by atoms with Gasteiger partial charge in [-0.3, -0.25) is 9.59 Å². The molecule has 0 aliphatic heterocycles. The summed E-state index contributed by atoms with van der Waals surface area (Å²) in [6.07, 6.45) is 0. The molecule has 4 nitrogen and oxygen atoms in total. The van der Waals surface area contributed by atoms with E-state index in [1.165, 1.54) is 22.9 Å². The molecule has 30 heavy (non-hydrogen) atoms. The number of carbonyl (C=O) groups excluding carboxylic acids is 2. The summed E-state index contributed by atoms with van der Waals surface area (Å²) in [7, 11) is 0. The van der Waals surface area contributed by atoms with Crippen molar-refractivity contribution in [2.75, 3.05) is 12.4 Å². The third kappa shape index (κ3) is 5.42. The minimum absolute atomic E-state index is 0.174. The van der Waals surface area contributed by atoms with Gasteiger partial charge in [-0.2, -0.15) is 0 Å². The lowest BCUT2D eigenvalue weighted by Crippen LogP contribution is -2.16. The highest BCUT2D eigenvalue weighted by atomic mass is 32.2. The van der Waals surface area contributed by atoms with Gasteiger partial charge in [-0.15, -0.1) is 11.8 Å². The second kappa shape index (κ2) is 9.81. The van der Waals surface area contributed by atoms with Crippen LogP contribution in [-0.2, 0) is 16.1 Å². The average molecular weight is 422 g/mol. The van der Waals surface area contributed by atoms with Gasteiger partial charge in [0.05, 0.1) is 5.75 Å². The fraction of sp³-hybridized carbons (Fsp3) is 0.280. The number of ether oxygens (including phenoxy) is 1. The molecule has 0 amide bonds. The molecule has 0 spiro atoms. The van der Waals surface area contributed by atoms with Crippen molar-refractivity contribution in [1.29, 1.82) is 0 Å². The van der Waals surface area contributed by atoms with Gasteiger partial charge in [0.15, 0.2) is 6.61 Å². The molecule has 0 unspecified atom stereocenters. The van der Waals surface area contributed by atoms with Crippen molar-refractivity contribution in [3.8, 4) is 0 Å². The van der Waals surface area contributed by atoms with Gasteiger partial charge in [-0.25, -0.2) is 0 Å². The number of Topliss-reactive ketones (excluding diaryl/α,β-unsaturated/α-hetero) is 1. The maximum Gasteiger partial charge on any atom is 0.316 e. The number of aryl methyl sites for hydroxylation is 3. The van der Waals surface area contributed by atoms with Gasteiger partial charge in [-0.05, 0) is 51.0 Å². The maximum atomic E-state index is 12.7. The standard InChI is InChI=1S/C25H27NO3S/c1-17-10-11-24(18(2)12-17)30-16-25(28)29-15-23(27)22-13-19(3)26(20(22)4)14-21-8-6-5-7-9-21/h5-13H,14-16H2,1-4H3. The summed E-state index contributed by atoms with van der Waals surface area (Å²) in [5.74, 6) is -0.372. The zero-order chi connectivity index (χ0) is 21.7. The Kier molecular flexibility index (Phi) is 7.16. The molecular formula is C25H27NO3S. The van der Waals surface area contributed by atoms with Gasteiger partial charge >= 0.3 is 5.97 Å². The van der Waals surface area contributed by atoms with Gasteiger partial charge in [0, 0.05) is 28.4 Å². The molecule has 0 fully saturated rings. The van der Waals surface area contributed by atoms with Crippen LogP contribution in [0.2, 0.25) is 0 Å². The van der Waals surface area contributed by atoms with Crippen LogP contribution in [-0.4, -0.2) is 28.7 Å². The number of thioether (sulfide) groups is 1. The predicted octanol–water partition coefficient (Wildman–Crippen LogP) is 5.29. The van der Waals surface area contributed by atoms with Crippen molar-refractivity contribution in [1.82, 2.24) is 4.57 Å².